The maximum absolute atomic E-state index is 5.46. The lowest BCUT2D eigenvalue weighted by molar-refractivity contribution is 0.00678. The van der Waals surface area contributed by atoms with Gasteiger partial charge in [0.15, 0.2) is 0 Å². The zero-order valence-corrected chi connectivity index (χ0v) is 11.7. The molecule has 0 aromatic heterocycles. The van der Waals surface area contributed by atoms with Crippen LogP contribution in [0.15, 0.2) is 0 Å². The molecule has 0 bridgehead atoms. The summed E-state index contributed by atoms with van der Waals surface area (Å²) >= 11 is 0. The molecular formula is C13H26N2OS. The number of likely N-dealkylation sites (tertiary alicyclic amines) is 1. The van der Waals surface area contributed by atoms with Gasteiger partial charge in [-0.15, -0.1) is 0 Å². The van der Waals surface area contributed by atoms with Crippen molar-refractivity contribution < 1.29 is 4.74 Å². The molecule has 0 aliphatic carbocycles. The average molecular weight is 258 g/mol. The fraction of sp³-hybridized carbons (Fsp3) is 1.00. The molecule has 0 radical (unpaired) electrons. The van der Waals surface area contributed by atoms with E-state index in [2.05, 4.69) is 10.2 Å². The van der Waals surface area contributed by atoms with Crippen LogP contribution in [0.3, 0.4) is 0 Å². The van der Waals surface area contributed by atoms with E-state index in [1.807, 2.05) is 0 Å². The van der Waals surface area contributed by atoms with Gasteiger partial charge in [0.05, 0.1) is 0 Å². The minimum Gasteiger partial charge on any atom is -0.381 e. The van der Waals surface area contributed by atoms with Crippen molar-refractivity contribution in [3.05, 3.63) is 0 Å². The summed E-state index contributed by atoms with van der Waals surface area (Å²) in [7, 11) is 0. The molecule has 3 saturated heterocycles. The Balaban J connectivity index is 0.00000108. The number of nitrogens with zero attached hydrogens (tertiary/aromatic N) is 1. The molecule has 0 spiro atoms. The first kappa shape index (κ1) is 13.7. The number of ether oxygens (including phenoxy) is 1. The van der Waals surface area contributed by atoms with E-state index in [0.717, 1.165) is 31.1 Å². The van der Waals surface area contributed by atoms with Crippen LogP contribution < -0.4 is 5.32 Å². The first-order chi connectivity index (χ1) is 7.93. The van der Waals surface area contributed by atoms with E-state index < -0.39 is 0 Å². The molecule has 4 heteroatoms. The van der Waals surface area contributed by atoms with Gasteiger partial charge < -0.3 is 10.1 Å². The van der Waals surface area contributed by atoms with Gasteiger partial charge in [0.2, 0.25) is 0 Å². The molecule has 0 amide bonds. The Morgan fingerprint density at radius 2 is 1.76 bits per heavy atom. The summed E-state index contributed by atoms with van der Waals surface area (Å²) in [6.45, 7) is 7.20. The quantitative estimate of drug-likeness (QED) is 0.806. The van der Waals surface area contributed by atoms with Crippen molar-refractivity contribution in [3.8, 4) is 0 Å². The number of piperidine rings is 1. The van der Waals surface area contributed by atoms with Crippen LogP contribution in [0.25, 0.3) is 0 Å². The van der Waals surface area contributed by atoms with Gasteiger partial charge in [-0.3, -0.25) is 4.90 Å². The first-order valence-electron chi connectivity index (χ1n) is 6.96. The number of rotatable bonds is 2. The standard InChI is InChI=1S/C13H24N2O.H2S/c1-2-11(12-8-14-9-12)10-15(5-1)13-3-6-16-7-4-13;/h11-14H,1-10H2;1H2. The zero-order valence-electron chi connectivity index (χ0n) is 10.7. The molecule has 1 atom stereocenters. The van der Waals surface area contributed by atoms with E-state index in [0.29, 0.717) is 0 Å². The summed E-state index contributed by atoms with van der Waals surface area (Å²) in [5, 5.41) is 3.41. The molecule has 17 heavy (non-hydrogen) atoms. The second kappa shape index (κ2) is 6.41. The Kier molecular flexibility index (Phi) is 5.15. The van der Waals surface area contributed by atoms with Gasteiger partial charge in [-0.1, -0.05) is 0 Å². The maximum atomic E-state index is 5.46. The van der Waals surface area contributed by atoms with E-state index in [1.165, 1.54) is 51.9 Å². The highest BCUT2D eigenvalue weighted by atomic mass is 32.1. The smallest absolute Gasteiger partial charge is 0.0480 e. The van der Waals surface area contributed by atoms with E-state index in [-0.39, 0.29) is 13.5 Å². The summed E-state index contributed by atoms with van der Waals surface area (Å²) in [4.78, 5) is 2.76. The van der Waals surface area contributed by atoms with Gasteiger partial charge >= 0.3 is 0 Å². The van der Waals surface area contributed by atoms with Crippen molar-refractivity contribution in [1.29, 1.82) is 0 Å². The van der Waals surface area contributed by atoms with Crippen molar-refractivity contribution in [2.24, 2.45) is 11.8 Å². The highest BCUT2D eigenvalue weighted by molar-refractivity contribution is 7.59. The molecule has 100 valence electrons. The highest BCUT2D eigenvalue weighted by Crippen LogP contribution is 2.29. The molecule has 3 heterocycles. The predicted octanol–water partition coefficient (Wildman–Crippen LogP) is 1.21. The molecule has 0 saturated carbocycles. The molecule has 3 aliphatic heterocycles. The number of hydrogen-bond acceptors (Lipinski definition) is 3. The third-order valence-electron chi connectivity index (χ3n) is 4.68. The summed E-state index contributed by atoms with van der Waals surface area (Å²) in [6.07, 6.45) is 5.40. The van der Waals surface area contributed by atoms with Crippen LogP contribution in [0.1, 0.15) is 25.7 Å². The van der Waals surface area contributed by atoms with Crippen LogP contribution in [0.2, 0.25) is 0 Å². The highest BCUT2D eigenvalue weighted by Gasteiger charge is 2.33. The Labute approximate surface area is 112 Å². The second-order valence-electron chi connectivity index (χ2n) is 5.66. The van der Waals surface area contributed by atoms with Crippen LogP contribution in [0, 0.1) is 11.8 Å². The molecule has 0 aromatic carbocycles. The largest absolute Gasteiger partial charge is 0.381 e. The third-order valence-corrected chi connectivity index (χ3v) is 4.68. The van der Waals surface area contributed by atoms with Crippen molar-refractivity contribution in [2.75, 3.05) is 39.4 Å². The fourth-order valence-electron chi connectivity index (χ4n) is 3.45. The van der Waals surface area contributed by atoms with E-state index in [4.69, 9.17) is 4.74 Å². The first-order valence-corrected chi connectivity index (χ1v) is 6.96. The summed E-state index contributed by atoms with van der Waals surface area (Å²) < 4.78 is 5.46. The molecular weight excluding hydrogens is 232 g/mol. The Morgan fingerprint density at radius 3 is 2.41 bits per heavy atom. The lowest BCUT2D eigenvalue weighted by Crippen LogP contribution is -2.53. The van der Waals surface area contributed by atoms with Gasteiger partial charge in [0, 0.05) is 25.8 Å². The molecule has 3 aliphatic rings. The lowest BCUT2D eigenvalue weighted by atomic mass is 9.81. The van der Waals surface area contributed by atoms with Gasteiger partial charge in [-0.2, -0.15) is 13.5 Å². The van der Waals surface area contributed by atoms with Crippen molar-refractivity contribution in [2.45, 2.75) is 31.7 Å². The van der Waals surface area contributed by atoms with E-state index in [1.54, 1.807) is 0 Å². The maximum Gasteiger partial charge on any atom is 0.0480 e. The van der Waals surface area contributed by atoms with Crippen LogP contribution in [0.4, 0.5) is 0 Å². The van der Waals surface area contributed by atoms with Crippen LogP contribution in [0.5, 0.6) is 0 Å². The summed E-state index contributed by atoms with van der Waals surface area (Å²) in [6, 6.07) is 0.824. The monoisotopic (exact) mass is 258 g/mol. The summed E-state index contributed by atoms with van der Waals surface area (Å²) in [5.41, 5.74) is 0. The number of hydrogen-bond donors (Lipinski definition) is 1. The second-order valence-corrected chi connectivity index (χ2v) is 5.66. The van der Waals surface area contributed by atoms with Crippen LogP contribution in [-0.4, -0.2) is 50.3 Å². The fourth-order valence-corrected chi connectivity index (χ4v) is 3.45. The predicted molar refractivity (Wildman–Crippen MR) is 74.9 cm³/mol. The third kappa shape index (κ3) is 3.16. The molecule has 1 N–H and O–H groups in total. The minimum absolute atomic E-state index is 0. The van der Waals surface area contributed by atoms with Gasteiger partial charge in [-0.05, 0) is 57.2 Å². The van der Waals surface area contributed by atoms with Crippen molar-refractivity contribution >= 4 is 13.5 Å². The molecule has 3 rings (SSSR count). The zero-order chi connectivity index (χ0) is 10.8. The Hall–Kier alpha value is 0.230. The minimum atomic E-state index is 0. The Morgan fingerprint density at radius 1 is 1.00 bits per heavy atom. The van der Waals surface area contributed by atoms with Crippen LogP contribution in [-0.2, 0) is 4.74 Å². The van der Waals surface area contributed by atoms with Crippen LogP contribution >= 0.6 is 13.5 Å². The van der Waals surface area contributed by atoms with E-state index in [9.17, 15) is 0 Å². The molecule has 1 unspecified atom stereocenters. The van der Waals surface area contributed by atoms with Crippen molar-refractivity contribution in [3.63, 3.8) is 0 Å². The Bertz CT molecular complexity index is 229. The average Bonchev–Trinajstić information content (AvgIpc) is 2.28. The number of nitrogens with one attached hydrogen (secondary N) is 1. The lowest BCUT2D eigenvalue weighted by Gasteiger charge is -2.44. The summed E-state index contributed by atoms with van der Waals surface area (Å²) in [5.74, 6) is 1.94. The molecule has 0 aromatic rings. The SMILES string of the molecule is C1CC(C2CNC2)CN(C2CCOCC2)C1.S. The topological polar surface area (TPSA) is 24.5 Å². The normalized spacial score (nSPS) is 32.8. The molecule has 3 nitrogen and oxygen atoms in total. The van der Waals surface area contributed by atoms with Gasteiger partial charge in [-0.25, -0.2) is 0 Å². The van der Waals surface area contributed by atoms with E-state index >= 15 is 0 Å². The van der Waals surface area contributed by atoms with Gasteiger partial charge in [0.1, 0.15) is 0 Å². The van der Waals surface area contributed by atoms with Gasteiger partial charge in [0.25, 0.3) is 0 Å². The molecule has 3 fully saturated rings. The van der Waals surface area contributed by atoms with Crippen molar-refractivity contribution in [1.82, 2.24) is 10.2 Å².